The van der Waals surface area contributed by atoms with E-state index in [9.17, 15) is 0 Å². The fourth-order valence-electron chi connectivity index (χ4n) is 2.07. The lowest BCUT2D eigenvalue weighted by atomic mass is 9.97. The Bertz CT molecular complexity index is 446. The molecule has 1 aromatic carbocycles. The van der Waals surface area contributed by atoms with Crippen molar-refractivity contribution >= 4 is 15.9 Å². The normalized spacial score (nSPS) is 17.1. The van der Waals surface area contributed by atoms with Crippen LogP contribution in [0, 0.1) is 5.41 Å². The first kappa shape index (κ1) is 14.7. The molecule has 0 saturated carbocycles. The predicted octanol–water partition coefficient (Wildman–Crippen LogP) is 3.53. The fourth-order valence-corrected chi connectivity index (χ4v) is 2.67. The molecule has 0 saturated heterocycles. The van der Waals surface area contributed by atoms with Gasteiger partial charge in [0.25, 0.3) is 0 Å². The molecule has 0 aromatic heterocycles. The van der Waals surface area contributed by atoms with Crippen LogP contribution in [0.2, 0.25) is 0 Å². The van der Waals surface area contributed by atoms with E-state index in [2.05, 4.69) is 41.9 Å². The fraction of sp³-hybridized carbons (Fsp3) is 0.600. The average Bonchev–Trinajstić information content (AvgIpc) is 2.50. The number of halogens is 1. The quantitative estimate of drug-likeness (QED) is 0.860. The molecule has 0 unspecified atom stereocenters. The Morgan fingerprint density at radius 2 is 1.95 bits per heavy atom. The lowest BCUT2D eigenvalue weighted by molar-refractivity contribution is 0.140. The highest BCUT2D eigenvalue weighted by atomic mass is 79.9. The van der Waals surface area contributed by atoms with Crippen molar-refractivity contribution in [3.05, 3.63) is 22.2 Å². The molecule has 0 amide bonds. The first-order chi connectivity index (χ1) is 9.02. The summed E-state index contributed by atoms with van der Waals surface area (Å²) in [4.78, 5) is 0. The van der Waals surface area contributed by atoms with Gasteiger partial charge in [-0.2, -0.15) is 0 Å². The molecule has 3 nitrogen and oxygen atoms in total. The largest absolute Gasteiger partial charge is 0.489 e. The van der Waals surface area contributed by atoms with Gasteiger partial charge in [0.15, 0.2) is 11.5 Å². The Morgan fingerprint density at radius 3 is 2.68 bits per heavy atom. The minimum Gasteiger partial charge on any atom is -0.489 e. The highest BCUT2D eigenvalue weighted by Crippen LogP contribution is 2.40. The smallest absolute Gasteiger partial charge is 0.175 e. The zero-order chi connectivity index (χ0) is 13.9. The molecule has 0 atom stereocenters. The van der Waals surface area contributed by atoms with E-state index in [1.165, 1.54) is 5.56 Å². The standard InChI is InChI=1S/C15H22BrNO2/c1-15(2)9-18-13-8-11(5-3-4-6-17)7-12(16)14(13)19-10-15/h7-8H,3-6,9-10,17H2,1-2H3. The van der Waals surface area contributed by atoms with Crippen LogP contribution in [0.25, 0.3) is 0 Å². The molecule has 0 spiro atoms. The van der Waals surface area contributed by atoms with Gasteiger partial charge in [-0.05, 0) is 59.4 Å². The number of rotatable bonds is 4. The molecule has 1 aliphatic rings. The molecule has 1 heterocycles. The molecule has 4 heteroatoms. The number of aryl methyl sites for hydroxylation is 1. The van der Waals surface area contributed by atoms with Gasteiger partial charge >= 0.3 is 0 Å². The van der Waals surface area contributed by atoms with Gasteiger partial charge < -0.3 is 15.2 Å². The molecule has 0 fully saturated rings. The maximum Gasteiger partial charge on any atom is 0.175 e. The van der Waals surface area contributed by atoms with Crippen LogP contribution < -0.4 is 15.2 Å². The van der Waals surface area contributed by atoms with E-state index in [0.717, 1.165) is 41.8 Å². The number of unbranched alkanes of at least 4 members (excludes halogenated alkanes) is 1. The van der Waals surface area contributed by atoms with Crippen LogP contribution in [0.4, 0.5) is 0 Å². The minimum absolute atomic E-state index is 0.0399. The number of hydrogen-bond acceptors (Lipinski definition) is 3. The van der Waals surface area contributed by atoms with Gasteiger partial charge in [0.1, 0.15) is 0 Å². The van der Waals surface area contributed by atoms with Crippen LogP contribution in [0.3, 0.4) is 0 Å². The minimum atomic E-state index is 0.0399. The lowest BCUT2D eigenvalue weighted by Crippen LogP contribution is -2.26. The zero-order valence-electron chi connectivity index (χ0n) is 11.7. The summed E-state index contributed by atoms with van der Waals surface area (Å²) >= 11 is 3.58. The van der Waals surface area contributed by atoms with Crippen molar-refractivity contribution in [1.82, 2.24) is 0 Å². The van der Waals surface area contributed by atoms with Crippen LogP contribution in [-0.2, 0) is 6.42 Å². The van der Waals surface area contributed by atoms with E-state index < -0.39 is 0 Å². The Morgan fingerprint density at radius 1 is 1.21 bits per heavy atom. The van der Waals surface area contributed by atoms with Crippen molar-refractivity contribution in [2.75, 3.05) is 19.8 Å². The second kappa shape index (κ2) is 6.14. The first-order valence-electron chi connectivity index (χ1n) is 6.80. The third kappa shape index (κ3) is 3.86. The number of fused-ring (bicyclic) bond motifs is 1. The van der Waals surface area contributed by atoms with E-state index in [1.54, 1.807) is 0 Å². The van der Waals surface area contributed by atoms with Crippen molar-refractivity contribution in [2.24, 2.45) is 11.1 Å². The summed E-state index contributed by atoms with van der Waals surface area (Å²) < 4.78 is 12.8. The molecule has 2 N–H and O–H groups in total. The van der Waals surface area contributed by atoms with Crippen LogP contribution in [0.15, 0.2) is 16.6 Å². The SMILES string of the molecule is CC1(C)COc2cc(CCCCN)cc(Br)c2OC1. The summed E-state index contributed by atoms with van der Waals surface area (Å²) in [6, 6.07) is 4.22. The zero-order valence-corrected chi connectivity index (χ0v) is 13.3. The summed E-state index contributed by atoms with van der Waals surface area (Å²) in [6.45, 7) is 6.40. The van der Waals surface area contributed by atoms with Gasteiger partial charge in [-0.25, -0.2) is 0 Å². The number of ether oxygens (including phenoxy) is 2. The molecular formula is C15H22BrNO2. The maximum absolute atomic E-state index is 5.91. The van der Waals surface area contributed by atoms with E-state index >= 15 is 0 Å². The monoisotopic (exact) mass is 327 g/mol. The van der Waals surface area contributed by atoms with Crippen LogP contribution in [0.5, 0.6) is 11.5 Å². The van der Waals surface area contributed by atoms with Gasteiger partial charge in [-0.15, -0.1) is 0 Å². The average molecular weight is 328 g/mol. The van der Waals surface area contributed by atoms with Gasteiger partial charge in [0.2, 0.25) is 0 Å². The van der Waals surface area contributed by atoms with E-state index in [0.29, 0.717) is 13.2 Å². The highest BCUT2D eigenvalue weighted by molar-refractivity contribution is 9.10. The molecule has 0 bridgehead atoms. The maximum atomic E-state index is 5.91. The Hall–Kier alpha value is -0.740. The summed E-state index contributed by atoms with van der Waals surface area (Å²) in [5, 5.41) is 0. The third-order valence-electron chi connectivity index (χ3n) is 3.21. The Balaban J connectivity index is 2.17. The Kier molecular flexibility index (Phi) is 4.74. The van der Waals surface area contributed by atoms with Gasteiger partial charge in [-0.3, -0.25) is 0 Å². The second-order valence-electron chi connectivity index (χ2n) is 5.89. The lowest BCUT2D eigenvalue weighted by Gasteiger charge is -2.19. The topological polar surface area (TPSA) is 44.5 Å². The molecular weight excluding hydrogens is 306 g/mol. The second-order valence-corrected chi connectivity index (χ2v) is 6.75. The highest BCUT2D eigenvalue weighted by Gasteiger charge is 2.26. The predicted molar refractivity (Wildman–Crippen MR) is 80.9 cm³/mol. The van der Waals surface area contributed by atoms with E-state index in [-0.39, 0.29) is 5.41 Å². The molecule has 2 rings (SSSR count). The summed E-state index contributed by atoms with van der Waals surface area (Å²) in [6.07, 6.45) is 3.18. The molecule has 0 aliphatic carbocycles. The van der Waals surface area contributed by atoms with Gasteiger partial charge in [0, 0.05) is 5.41 Å². The van der Waals surface area contributed by atoms with E-state index in [1.807, 2.05) is 0 Å². The van der Waals surface area contributed by atoms with Gasteiger partial charge in [-0.1, -0.05) is 13.8 Å². The van der Waals surface area contributed by atoms with Crippen molar-refractivity contribution in [2.45, 2.75) is 33.1 Å². The van der Waals surface area contributed by atoms with Crippen LogP contribution in [-0.4, -0.2) is 19.8 Å². The summed E-state index contributed by atoms with van der Waals surface area (Å²) in [5.74, 6) is 1.68. The molecule has 0 radical (unpaired) electrons. The van der Waals surface area contributed by atoms with Crippen molar-refractivity contribution in [3.63, 3.8) is 0 Å². The number of benzene rings is 1. The molecule has 19 heavy (non-hydrogen) atoms. The van der Waals surface area contributed by atoms with Crippen molar-refractivity contribution in [1.29, 1.82) is 0 Å². The Labute approximate surface area is 123 Å². The van der Waals surface area contributed by atoms with Crippen LogP contribution >= 0.6 is 15.9 Å². The molecule has 1 aromatic rings. The van der Waals surface area contributed by atoms with E-state index in [4.69, 9.17) is 15.2 Å². The third-order valence-corrected chi connectivity index (χ3v) is 3.80. The first-order valence-corrected chi connectivity index (χ1v) is 7.59. The van der Waals surface area contributed by atoms with Crippen molar-refractivity contribution < 1.29 is 9.47 Å². The molecule has 1 aliphatic heterocycles. The summed E-state index contributed by atoms with van der Waals surface area (Å²) in [7, 11) is 0. The molecule has 106 valence electrons. The van der Waals surface area contributed by atoms with Gasteiger partial charge in [0.05, 0.1) is 17.7 Å². The van der Waals surface area contributed by atoms with Crippen molar-refractivity contribution in [3.8, 4) is 11.5 Å². The number of nitrogens with two attached hydrogens (primary N) is 1. The van der Waals surface area contributed by atoms with Crippen LogP contribution in [0.1, 0.15) is 32.3 Å². The summed E-state index contributed by atoms with van der Waals surface area (Å²) in [5.41, 5.74) is 6.84. The number of hydrogen-bond donors (Lipinski definition) is 1.